The average molecular weight is 295 g/mol. The van der Waals surface area contributed by atoms with Crippen molar-refractivity contribution in [1.82, 2.24) is 16.0 Å². The van der Waals surface area contributed by atoms with Gasteiger partial charge in [-0.2, -0.15) is 0 Å². The Hall–Kier alpha value is -1.10. The molecule has 2 rings (SSSR count). The number of hydrogen-bond acceptors (Lipinski definition) is 3. The second kappa shape index (κ2) is 7.78. The van der Waals surface area contributed by atoms with Crippen LogP contribution < -0.4 is 16.0 Å². The van der Waals surface area contributed by atoms with Gasteiger partial charge >= 0.3 is 0 Å². The summed E-state index contributed by atoms with van der Waals surface area (Å²) >= 11 is 0. The van der Waals surface area contributed by atoms with Crippen molar-refractivity contribution in [2.75, 3.05) is 6.54 Å². The van der Waals surface area contributed by atoms with E-state index in [4.69, 9.17) is 0 Å². The van der Waals surface area contributed by atoms with Crippen LogP contribution in [0.5, 0.6) is 0 Å². The molecule has 120 valence electrons. The van der Waals surface area contributed by atoms with Crippen LogP contribution in [0.4, 0.5) is 0 Å². The predicted molar refractivity (Wildman–Crippen MR) is 82.8 cm³/mol. The quantitative estimate of drug-likeness (QED) is 0.663. The Bertz CT molecular complexity index is 361. The molecule has 2 aliphatic rings. The number of carbonyl (C=O) groups is 2. The highest BCUT2D eigenvalue weighted by Gasteiger charge is 2.34. The molecule has 3 atom stereocenters. The highest BCUT2D eigenvalue weighted by atomic mass is 16.2. The number of carbonyl (C=O) groups excluding carboxylic acids is 2. The van der Waals surface area contributed by atoms with Gasteiger partial charge in [0.2, 0.25) is 11.8 Å². The van der Waals surface area contributed by atoms with Crippen molar-refractivity contribution in [3.8, 4) is 0 Å². The fourth-order valence-electron chi connectivity index (χ4n) is 3.44. The van der Waals surface area contributed by atoms with Gasteiger partial charge < -0.3 is 16.0 Å². The Morgan fingerprint density at radius 1 is 1.19 bits per heavy atom. The molecule has 0 aromatic rings. The molecule has 21 heavy (non-hydrogen) atoms. The van der Waals surface area contributed by atoms with Crippen LogP contribution in [0.1, 0.15) is 58.8 Å². The van der Waals surface area contributed by atoms with Crippen LogP contribution in [-0.2, 0) is 9.59 Å². The third kappa shape index (κ3) is 5.30. The van der Waals surface area contributed by atoms with Crippen LogP contribution in [0.3, 0.4) is 0 Å². The van der Waals surface area contributed by atoms with Crippen molar-refractivity contribution in [3.63, 3.8) is 0 Å². The summed E-state index contributed by atoms with van der Waals surface area (Å²) < 4.78 is 0. The topological polar surface area (TPSA) is 70.2 Å². The molecular weight excluding hydrogens is 266 g/mol. The Morgan fingerprint density at radius 2 is 1.86 bits per heavy atom. The predicted octanol–water partition coefficient (Wildman–Crippen LogP) is 1.33. The summed E-state index contributed by atoms with van der Waals surface area (Å²) in [6, 6.07) is 1.46. The Morgan fingerprint density at radius 3 is 2.48 bits per heavy atom. The molecule has 0 saturated carbocycles. The number of fused-ring (bicyclic) bond motifs is 2. The highest BCUT2D eigenvalue weighted by molar-refractivity contribution is 5.79. The summed E-state index contributed by atoms with van der Waals surface area (Å²) in [5.41, 5.74) is 0. The number of amides is 2. The summed E-state index contributed by atoms with van der Waals surface area (Å²) in [7, 11) is 0. The molecule has 0 aliphatic carbocycles. The zero-order valence-corrected chi connectivity index (χ0v) is 13.3. The maximum atomic E-state index is 11.9. The monoisotopic (exact) mass is 295 g/mol. The molecule has 3 N–H and O–H groups in total. The third-order valence-electron chi connectivity index (χ3n) is 4.74. The first-order valence-corrected chi connectivity index (χ1v) is 8.39. The van der Waals surface area contributed by atoms with Crippen molar-refractivity contribution < 1.29 is 9.59 Å². The van der Waals surface area contributed by atoms with E-state index in [1.54, 1.807) is 0 Å². The van der Waals surface area contributed by atoms with E-state index in [1.165, 1.54) is 12.8 Å². The molecule has 2 amide bonds. The Kier molecular flexibility index (Phi) is 6.03. The molecule has 3 unspecified atom stereocenters. The van der Waals surface area contributed by atoms with Gasteiger partial charge in [0.25, 0.3) is 0 Å². The lowest BCUT2D eigenvalue weighted by Gasteiger charge is -2.28. The van der Waals surface area contributed by atoms with Crippen LogP contribution in [0.2, 0.25) is 0 Å². The molecule has 0 spiro atoms. The second-order valence-electron chi connectivity index (χ2n) is 6.66. The lowest BCUT2D eigenvalue weighted by atomic mass is 9.89. The maximum absolute atomic E-state index is 11.9. The lowest BCUT2D eigenvalue weighted by molar-refractivity contribution is -0.123. The van der Waals surface area contributed by atoms with Gasteiger partial charge in [0, 0.05) is 37.5 Å². The van der Waals surface area contributed by atoms with Crippen molar-refractivity contribution in [1.29, 1.82) is 0 Å². The van der Waals surface area contributed by atoms with Crippen LogP contribution in [0.25, 0.3) is 0 Å². The molecular formula is C16H29N3O2. The molecule has 2 bridgehead atoms. The minimum absolute atomic E-state index is 0.0181. The van der Waals surface area contributed by atoms with Gasteiger partial charge in [0.1, 0.15) is 0 Å². The fraction of sp³-hybridized carbons (Fsp3) is 0.875. The van der Waals surface area contributed by atoms with Gasteiger partial charge in [-0.3, -0.25) is 9.59 Å². The summed E-state index contributed by atoms with van der Waals surface area (Å²) in [5.74, 6) is 0.625. The first kappa shape index (κ1) is 16.3. The zero-order valence-electron chi connectivity index (χ0n) is 13.3. The van der Waals surface area contributed by atoms with Crippen molar-refractivity contribution in [2.24, 2.45) is 5.92 Å². The number of rotatable bonds is 7. The van der Waals surface area contributed by atoms with Gasteiger partial charge in [-0.15, -0.1) is 0 Å². The Balaban J connectivity index is 1.58. The van der Waals surface area contributed by atoms with Gasteiger partial charge in [0.05, 0.1) is 0 Å². The maximum Gasteiger partial charge on any atom is 0.221 e. The molecule has 2 aliphatic heterocycles. The minimum atomic E-state index is 0.0181. The lowest BCUT2D eigenvalue weighted by Crippen LogP contribution is -2.40. The largest absolute Gasteiger partial charge is 0.356 e. The summed E-state index contributed by atoms with van der Waals surface area (Å²) in [6.07, 6.45) is 6.68. The standard InChI is InChI=1S/C16H29N3O2/c1-3-11(2)18-15(20)6-7-17-16(21)10-12-8-13-4-5-14(9-12)19-13/h11-14,19H,3-10H2,1-2H3,(H,17,21)(H,18,20). The second-order valence-corrected chi connectivity index (χ2v) is 6.66. The van der Waals surface area contributed by atoms with Gasteiger partial charge in [-0.05, 0) is 44.9 Å². The first-order chi connectivity index (χ1) is 10.1. The van der Waals surface area contributed by atoms with E-state index in [1.807, 2.05) is 13.8 Å². The molecule has 2 fully saturated rings. The van der Waals surface area contributed by atoms with E-state index < -0.39 is 0 Å². The molecule has 5 heteroatoms. The van der Waals surface area contributed by atoms with E-state index >= 15 is 0 Å². The fourth-order valence-corrected chi connectivity index (χ4v) is 3.44. The highest BCUT2D eigenvalue weighted by Crippen LogP contribution is 2.32. The van der Waals surface area contributed by atoms with E-state index in [2.05, 4.69) is 16.0 Å². The first-order valence-electron chi connectivity index (χ1n) is 8.39. The molecule has 0 radical (unpaired) electrons. The Labute approximate surface area is 127 Å². The molecule has 2 saturated heterocycles. The van der Waals surface area contributed by atoms with Crippen LogP contribution in [0, 0.1) is 5.92 Å². The minimum Gasteiger partial charge on any atom is -0.356 e. The molecule has 5 nitrogen and oxygen atoms in total. The zero-order chi connectivity index (χ0) is 15.2. The van der Waals surface area contributed by atoms with E-state index in [9.17, 15) is 9.59 Å². The van der Waals surface area contributed by atoms with Gasteiger partial charge in [0.15, 0.2) is 0 Å². The van der Waals surface area contributed by atoms with Crippen molar-refractivity contribution in [2.45, 2.75) is 76.9 Å². The summed E-state index contributed by atoms with van der Waals surface area (Å²) in [5, 5.41) is 9.38. The number of nitrogens with one attached hydrogen (secondary N) is 3. The molecule has 0 aromatic carbocycles. The van der Waals surface area contributed by atoms with Crippen molar-refractivity contribution >= 4 is 11.8 Å². The van der Waals surface area contributed by atoms with Crippen LogP contribution in [0.15, 0.2) is 0 Å². The van der Waals surface area contributed by atoms with E-state index in [0.717, 1.165) is 19.3 Å². The van der Waals surface area contributed by atoms with E-state index in [0.29, 0.717) is 37.4 Å². The van der Waals surface area contributed by atoms with E-state index in [-0.39, 0.29) is 17.9 Å². The third-order valence-corrected chi connectivity index (χ3v) is 4.74. The number of hydrogen-bond donors (Lipinski definition) is 3. The van der Waals surface area contributed by atoms with Crippen molar-refractivity contribution in [3.05, 3.63) is 0 Å². The summed E-state index contributed by atoms with van der Waals surface area (Å²) in [6.45, 7) is 4.47. The number of piperidine rings is 1. The average Bonchev–Trinajstić information content (AvgIpc) is 2.77. The van der Waals surface area contributed by atoms with Gasteiger partial charge in [-0.1, -0.05) is 6.92 Å². The van der Waals surface area contributed by atoms with Crippen LogP contribution in [-0.4, -0.2) is 36.5 Å². The SMILES string of the molecule is CCC(C)NC(=O)CCNC(=O)CC1CC2CCC(C1)N2. The molecule has 0 aromatic heterocycles. The normalized spacial score (nSPS) is 29.0. The molecule has 2 heterocycles. The summed E-state index contributed by atoms with van der Waals surface area (Å²) in [4.78, 5) is 23.5. The smallest absolute Gasteiger partial charge is 0.221 e. The van der Waals surface area contributed by atoms with Gasteiger partial charge in [-0.25, -0.2) is 0 Å². The van der Waals surface area contributed by atoms with Crippen LogP contribution >= 0.6 is 0 Å².